The maximum absolute atomic E-state index is 14.8. The first kappa shape index (κ1) is 14.8. The zero-order chi connectivity index (χ0) is 14.7. The first-order chi connectivity index (χ1) is 10.3. The molecule has 1 aliphatic carbocycles. The Morgan fingerprint density at radius 1 is 1.29 bits per heavy atom. The van der Waals surface area contributed by atoms with Gasteiger partial charge in [-0.2, -0.15) is 0 Å². The fraction of sp³-hybridized carbons (Fsp3) is 0.706. The summed E-state index contributed by atoms with van der Waals surface area (Å²) in [6.07, 6.45) is 9.35. The molecule has 3 rings (SSSR count). The first-order valence-corrected chi connectivity index (χ1v) is 8.42. The quantitative estimate of drug-likeness (QED) is 0.920. The summed E-state index contributed by atoms with van der Waals surface area (Å²) in [5.74, 6) is 1.21. The van der Waals surface area contributed by atoms with Crippen molar-refractivity contribution in [2.24, 2.45) is 5.92 Å². The number of nitrogens with zero attached hydrogens (tertiary/aromatic N) is 2. The number of nitrogens with one attached hydrogen (secondary N) is 1. The van der Waals surface area contributed by atoms with Crippen molar-refractivity contribution in [3.63, 3.8) is 0 Å². The lowest BCUT2D eigenvalue weighted by molar-refractivity contribution is 0.241. The largest absolute Gasteiger partial charge is 0.351 e. The van der Waals surface area contributed by atoms with Gasteiger partial charge in [0.1, 0.15) is 0 Å². The third-order valence-electron chi connectivity index (χ3n) is 5.03. The molecule has 116 valence electrons. The molecule has 3 nitrogen and oxygen atoms in total. The lowest BCUT2D eigenvalue weighted by Gasteiger charge is -2.44. The van der Waals surface area contributed by atoms with Crippen LogP contribution in [-0.2, 0) is 6.54 Å². The van der Waals surface area contributed by atoms with Gasteiger partial charge in [-0.1, -0.05) is 19.8 Å². The Hall–Kier alpha value is -1.16. The van der Waals surface area contributed by atoms with Crippen molar-refractivity contribution in [3.05, 3.63) is 23.6 Å². The summed E-state index contributed by atoms with van der Waals surface area (Å²) in [6, 6.07) is 2.30. The predicted molar refractivity (Wildman–Crippen MR) is 83.9 cm³/mol. The molecule has 0 bridgehead atoms. The van der Waals surface area contributed by atoms with Gasteiger partial charge in [0, 0.05) is 30.9 Å². The van der Waals surface area contributed by atoms with Gasteiger partial charge in [0.2, 0.25) is 0 Å². The van der Waals surface area contributed by atoms with Gasteiger partial charge in [0.05, 0.1) is 0 Å². The van der Waals surface area contributed by atoms with E-state index in [0.29, 0.717) is 18.4 Å². The molecule has 0 radical (unpaired) electrons. The van der Waals surface area contributed by atoms with Crippen LogP contribution in [0.25, 0.3) is 0 Å². The molecule has 0 unspecified atom stereocenters. The number of fused-ring (bicyclic) bond motifs is 1. The third-order valence-corrected chi connectivity index (χ3v) is 5.03. The van der Waals surface area contributed by atoms with Crippen molar-refractivity contribution < 1.29 is 4.39 Å². The lowest BCUT2D eigenvalue weighted by atomic mass is 9.78. The van der Waals surface area contributed by atoms with E-state index >= 15 is 0 Å². The van der Waals surface area contributed by atoms with Crippen LogP contribution in [0.2, 0.25) is 0 Å². The molecule has 2 atom stereocenters. The van der Waals surface area contributed by atoms with Crippen LogP contribution >= 0.6 is 0 Å². The summed E-state index contributed by atoms with van der Waals surface area (Å²) in [5, 5.41) is 3.21. The molecule has 0 spiro atoms. The summed E-state index contributed by atoms with van der Waals surface area (Å²) in [6.45, 7) is 4.43. The van der Waals surface area contributed by atoms with Crippen LogP contribution in [0.5, 0.6) is 0 Å². The van der Waals surface area contributed by atoms with E-state index in [1.807, 2.05) is 6.92 Å². The molecule has 0 amide bonds. The average molecular weight is 291 g/mol. The first-order valence-electron chi connectivity index (χ1n) is 8.42. The van der Waals surface area contributed by atoms with Gasteiger partial charge < -0.3 is 10.2 Å². The van der Waals surface area contributed by atoms with Crippen molar-refractivity contribution in [3.8, 4) is 0 Å². The Balaban J connectivity index is 1.84. The molecule has 1 aromatic heterocycles. The normalized spacial score (nSPS) is 25.7. The van der Waals surface area contributed by atoms with Gasteiger partial charge in [-0.05, 0) is 44.2 Å². The number of halogens is 1. The van der Waals surface area contributed by atoms with Crippen LogP contribution in [0.3, 0.4) is 0 Å². The minimum atomic E-state index is -0.121. The summed E-state index contributed by atoms with van der Waals surface area (Å²) in [7, 11) is 0. The Labute approximate surface area is 126 Å². The topological polar surface area (TPSA) is 28.2 Å². The van der Waals surface area contributed by atoms with Crippen LogP contribution < -0.4 is 10.2 Å². The van der Waals surface area contributed by atoms with Gasteiger partial charge in [0.25, 0.3) is 0 Å². The molecular formula is C17H26FN3. The maximum Gasteiger partial charge on any atom is 0.170 e. The number of hydrogen-bond acceptors (Lipinski definition) is 3. The van der Waals surface area contributed by atoms with E-state index in [1.165, 1.54) is 38.5 Å². The van der Waals surface area contributed by atoms with Crippen molar-refractivity contribution in [2.75, 3.05) is 18.0 Å². The Kier molecular flexibility index (Phi) is 4.73. The highest BCUT2D eigenvalue weighted by Crippen LogP contribution is 2.38. The van der Waals surface area contributed by atoms with Crippen molar-refractivity contribution in [1.29, 1.82) is 0 Å². The van der Waals surface area contributed by atoms with E-state index in [1.54, 1.807) is 12.3 Å². The maximum atomic E-state index is 14.8. The minimum absolute atomic E-state index is 0.121. The van der Waals surface area contributed by atoms with Crippen molar-refractivity contribution in [1.82, 2.24) is 10.3 Å². The second kappa shape index (κ2) is 6.73. The van der Waals surface area contributed by atoms with Crippen LogP contribution in [0.1, 0.15) is 51.0 Å². The van der Waals surface area contributed by atoms with Gasteiger partial charge in [0.15, 0.2) is 11.6 Å². The van der Waals surface area contributed by atoms with E-state index in [9.17, 15) is 4.39 Å². The monoisotopic (exact) mass is 291 g/mol. The number of piperidine rings is 1. The zero-order valence-corrected chi connectivity index (χ0v) is 12.9. The molecule has 1 saturated heterocycles. The van der Waals surface area contributed by atoms with E-state index in [2.05, 4.69) is 15.2 Å². The molecule has 1 saturated carbocycles. The summed E-state index contributed by atoms with van der Waals surface area (Å²) >= 11 is 0. The van der Waals surface area contributed by atoms with Crippen molar-refractivity contribution in [2.45, 2.75) is 58.0 Å². The van der Waals surface area contributed by atoms with Gasteiger partial charge >= 0.3 is 0 Å². The standard InChI is InChI=1S/C17H26FN3/c1-2-19-12-14-9-10-20-17(16(14)18)21-11-5-7-13-6-3-4-8-15(13)21/h9-10,13,15,19H,2-8,11-12H2,1H3/t13-,15-/m1/s1. The number of aromatic nitrogens is 1. The van der Waals surface area contributed by atoms with Gasteiger partial charge in [-0.25, -0.2) is 9.37 Å². The molecule has 0 aromatic carbocycles. The van der Waals surface area contributed by atoms with Gasteiger partial charge in [-0.15, -0.1) is 0 Å². The van der Waals surface area contributed by atoms with E-state index < -0.39 is 0 Å². The zero-order valence-electron chi connectivity index (χ0n) is 12.9. The van der Waals surface area contributed by atoms with Gasteiger partial charge in [-0.3, -0.25) is 0 Å². The number of anilines is 1. The molecule has 2 heterocycles. The molecule has 21 heavy (non-hydrogen) atoms. The summed E-state index contributed by atoms with van der Waals surface area (Å²) in [5.41, 5.74) is 0.736. The highest BCUT2D eigenvalue weighted by Gasteiger charge is 2.35. The second-order valence-corrected chi connectivity index (χ2v) is 6.34. The molecule has 1 aliphatic heterocycles. The van der Waals surface area contributed by atoms with Crippen LogP contribution in [-0.4, -0.2) is 24.1 Å². The van der Waals surface area contributed by atoms with E-state index in [4.69, 9.17) is 0 Å². The number of hydrogen-bond donors (Lipinski definition) is 1. The third kappa shape index (κ3) is 3.05. The highest BCUT2D eigenvalue weighted by molar-refractivity contribution is 5.45. The fourth-order valence-electron chi connectivity index (χ4n) is 3.96. The molecule has 2 fully saturated rings. The molecule has 1 N–H and O–H groups in total. The molecule has 1 aromatic rings. The second-order valence-electron chi connectivity index (χ2n) is 6.34. The number of rotatable bonds is 4. The van der Waals surface area contributed by atoms with Crippen LogP contribution in [0.4, 0.5) is 10.2 Å². The summed E-state index contributed by atoms with van der Waals surface area (Å²) < 4.78 is 14.8. The highest BCUT2D eigenvalue weighted by atomic mass is 19.1. The Morgan fingerprint density at radius 2 is 2.10 bits per heavy atom. The van der Waals surface area contributed by atoms with E-state index in [-0.39, 0.29) is 5.82 Å². The Morgan fingerprint density at radius 3 is 2.95 bits per heavy atom. The van der Waals surface area contributed by atoms with Crippen molar-refractivity contribution >= 4 is 5.82 Å². The summed E-state index contributed by atoms with van der Waals surface area (Å²) in [4.78, 5) is 6.65. The lowest BCUT2D eigenvalue weighted by Crippen LogP contribution is -2.47. The SMILES string of the molecule is CCNCc1ccnc(N2CCC[C@H]3CCCC[C@H]32)c1F. The number of pyridine rings is 1. The minimum Gasteiger partial charge on any atom is -0.351 e. The van der Waals surface area contributed by atoms with E-state index in [0.717, 1.165) is 24.6 Å². The fourth-order valence-corrected chi connectivity index (χ4v) is 3.96. The molecular weight excluding hydrogens is 265 g/mol. The predicted octanol–water partition coefficient (Wildman–Crippen LogP) is 3.49. The van der Waals surface area contributed by atoms with Crippen LogP contribution in [0.15, 0.2) is 12.3 Å². The molecule has 4 heteroatoms. The smallest absolute Gasteiger partial charge is 0.170 e. The Bertz CT molecular complexity index is 475. The molecule has 2 aliphatic rings. The average Bonchev–Trinajstić information content (AvgIpc) is 2.53. The van der Waals surface area contributed by atoms with Crippen LogP contribution in [0, 0.1) is 11.7 Å².